The molecule has 0 unspecified atom stereocenters. The Kier molecular flexibility index (Phi) is 5.06. The topological polar surface area (TPSA) is 56.2 Å². The maximum absolute atomic E-state index is 12.5. The summed E-state index contributed by atoms with van der Waals surface area (Å²) in [6.45, 7) is 2.64. The van der Waals surface area contributed by atoms with Crippen LogP contribution in [0.4, 0.5) is 5.82 Å². The van der Waals surface area contributed by atoms with Crippen molar-refractivity contribution in [1.82, 2.24) is 9.55 Å². The molecule has 0 aliphatic heterocycles. The minimum Gasteiger partial charge on any atom is -0.489 e. The summed E-state index contributed by atoms with van der Waals surface area (Å²) in [5.74, 6) is 1.25. The van der Waals surface area contributed by atoms with E-state index < -0.39 is 0 Å². The Morgan fingerprint density at radius 2 is 1.93 bits per heavy atom. The van der Waals surface area contributed by atoms with Gasteiger partial charge in [-0.15, -0.1) is 0 Å². The van der Waals surface area contributed by atoms with Crippen LogP contribution < -0.4 is 10.1 Å². The quantitative estimate of drug-likeness (QED) is 0.540. The lowest BCUT2D eigenvalue weighted by Crippen LogP contribution is -2.19. The number of anilines is 1. The van der Waals surface area contributed by atoms with E-state index in [1.54, 1.807) is 6.20 Å². The molecule has 5 heteroatoms. The van der Waals surface area contributed by atoms with Gasteiger partial charge in [-0.1, -0.05) is 36.4 Å². The van der Waals surface area contributed by atoms with Crippen molar-refractivity contribution in [1.29, 1.82) is 0 Å². The molecule has 0 saturated heterocycles. The Labute approximate surface area is 163 Å². The predicted octanol–water partition coefficient (Wildman–Crippen LogP) is 4.56. The zero-order chi connectivity index (χ0) is 19.3. The molecule has 2 aromatic carbocycles. The number of hydrogen-bond acceptors (Lipinski definition) is 3. The molecule has 28 heavy (non-hydrogen) atoms. The number of aryl methyl sites for hydroxylation is 1. The fourth-order valence-corrected chi connectivity index (χ4v) is 3.08. The third kappa shape index (κ3) is 4.04. The van der Waals surface area contributed by atoms with Gasteiger partial charge in [0.2, 0.25) is 5.91 Å². The second-order valence-electron chi connectivity index (χ2n) is 6.66. The van der Waals surface area contributed by atoms with Gasteiger partial charge in [-0.05, 0) is 47.7 Å². The summed E-state index contributed by atoms with van der Waals surface area (Å²) in [4.78, 5) is 16.7. The molecule has 0 atom stereocenters. The van der Waals surface area contributed by atoms with Crippen LogP contribution in [0.2, 0.25) is 0 Å². The SMILES string of the molecule is Cc1cccnc1NC(=O)Cn1ccc2ccc(OCc3ccccc3)cc21. The van der Waals surface area contributed by atoms with Crippen LogP contribution in [0.3, 0.4) is 0 Å². The summed E-state index contributed by atoms with van der Waals surface area (Å²) in [5, 5.41) is 3.94. The molecule has 2 aromatic heterocycles. The van der Waals surface area contributed by atoms with Crippen molar-refractivity contribution < 1.29 is 9.53 Å². The van der Waals surface area contributed by atoms with Crippen molar-refractivity contribution in [2.45, 2.75) is 20.1 Å². The molecule has 0 saturated carbocycles. The number of benzene rings is 2. The molecule has 0 spiro atoms. The van der Waals surface area contributed by atoms with E-state index >= 15 is 0 Å². The number of carbonyl (C=O) groups is 1. The van der Waals surface area contributed by atoms with Crippen LogP contribution in [-0.4, -0.2) is 15.5 Å². The van der Waals surface area contributed by atoms with Gasteiger partial charge in [0.05, 0.1) is 5.52 Å². The van der Waals surface area contributed by atoms with E-state index in [0.29, 0.717) is 12.4 Å². The number of rotatable bonds is 6. The Morgan fingerprint density at radius 3 is 2.75 bits per heavy atom. The molecule has 0 fully saturated rings. The number of hydrogen-bond donors (Lipinski definition) is 1. The van der Waals surface area contributed by atoms with Crippen molar-refractivity contribution in [3.8, 4) is 5.75 Å². The Balaban J connectivity index is 1.48. The predicted molar refractivity (Wildman–Crippen MR) is 110 cm³/mol. The van der Waals surface area contributed by atoms with Crippen LogP contribution in [-0.2, 0) is 17.9 Å². The van der Waals surface area contributed by atoms with Crippen LogP contribution in [0, 0.1) is 6.92 Å². The highest BCUT2D eigenvalue weighted by Gasteiger charge is 2.09. The summed E-state index contributed by atoms with van der Waals surface area (Å²) in [6.07, 6.45) is 3.58. The molecule has 4 aromatic rings. The number of nitrogens with one attached hydrogen (secondary N) is 1. The highest BCUT2D eigenvalue weighted by Crippen LogP contribution is 2.23. The molecular formula is C23H21N3O2. The Morgan fingerprint density at radius 1 is 1.07 bits per heavy atom. The Hall–Kier alpha value is -3.60. The maximum Gasteiger partial charge on any atom is 0.245 e. The van der Waals surface area contributed by atoms with Gasteiger partial charge < -0.3 is 14.6 Å². The largest absolute Gasteiger partial charge is 0.489 e. The summed E-state index contributed by atoms with van der Waals surface area (Å²) < 4.78 is 7.83. The maximum atomic E-state index is 12.5. The standard InChI is InChI=1S/C23H21N3O2/c1-17-6-5-12-24-23(17)25-22(27)15-26-13-11-19-9-10-20(14-21(19)26)28-16-18-7-3-2-4-8-18/h2-14H,15-16H2,1H3,(H,24,25,27). The van der Waals surface area contributed by atoms with E-state index in [2.05, 4.69) is 10.3 Å². The van der Waals surface area contributed by atoms with Crippen molar-refractivity contribution in [2.75, 3.05) is 5.32 Å². The fourth-order valence-electron chi connectivity index (χ4n) is 3.08. The van der Waals surface area contributed by atoms with Gasteiger partial charge in [-0.25, -0.2) is 4.98 Å². The van der Waals surface area contributed by atoms with E-state index in [4.69, 9.17) is 4.74 Å². The van der Waals surface area contributed by atoms with Crippen molar-refractivity contribution >= 4 is 22.6 Å². The van der Waals surface area contributed by atoms with Crippen LogP contribution in [0.5, 0.6) is 5.75 Å². The molecular weight excluding hydrogens is 350 g/mol. The minimum absolute atomic E-state index is 0.116. The third-order valence-electron chi connectivity index (χ3n) is 4.57. The van der Waals surface area contributed by atoms with E-state index in [-0.39, 0.29) is 12.5 Å². The van der Waals surface area contributed by atoms with Gasteiger partial charge in [-0.3, -0.25) is 4.79 Å². The number of carbonyl (C=O) groups excluding carboxylic acids is 1. The van der Waals surface area contributed by atoms with Crippen LogP contribution >= 0.6 is 0 Å². The molecule has 5 nitrogen and oxygen atoms in total. The van der Waals surface area contributed by atoms with Crippen LogP contribution in [0.25, 0.3) is 10.9 Å². The van der Waals surface area contributed by atoms with Crippen molar-refractivity contribution in [3.05, 3.63) is 90.3 Å². The summed E-state index contributed by atoms with van der Waals surface area (Å²) in [5.41, 5.74) is 3.01. The number of nitrogens with zero attached hydrogens (tertiary/aromatic N) is 2. The second kappa shape index (κ2) is 7.96. The third-order valence-corrected chi connectivity index (χ3v) is 4.57. The number of aromatic nitrogens is 2. The average Bonchev–Trinajstić information content (AvgIpc) is 3.11. The lowest BCUT2D eigenvalue weighted by molar-refractivity contribution is -0.116. The normalized spacial score (nSPS) is 10.8. The fraction of sp³-hybridized carbons (Fsp3) is 0.130. The number of ether oxygens (including phenoxy) is 1. The van der Waals surface area contributed by atoms with Gasteiger partial charge in [-0.2, -0.15) is 0 Å². The number of pyridine rings is 1. The molecule has 1 N–H and O–H groups in total. The second-order valence-corrected chi connectivity index (χ2v) is 6.66. The first kappa shape index (κ1) is 17.8. The lowest BCUT2D eigenvalue weighted by atomic mass is 10.2. The smallest absolute Gasteiger partial charge is 0.245 e. The average molecular weight is 371 g/mol. The van der Waals surface area contributed by atoms with Gasteiger partial charge in [0, 0.05) is 18.5 Å². The van der Waals surface area contributed by atoms with E-state index in [1.165, 1.54) is 0 Å². The van der Waals surface area contributed by atoms with Crippen LogP contribution in [0.1, 0.15) is 11.1 Å². The highest BCUT2D eigenvalue weighted by molar-refractivity contribution is 5.92. The number of fused-ring (bicyclic) bond motifs is 1. The molecule has 2 heterocycles. The zero-order valence-corrected chi connectivity index (χ0v) is 15.6. The monoisotopic (exact) mass is 371 g/mol. The van der Waals surface area contributed by atoms with Gasteiger partial charge in [0.25, 0.3) is 0 Å². The summed E-state index contributed by atoms with van der Waals surface area (Å²) in [7, 11) is 0. The van der Waals surface area contributed by atoms with Crippen LogP contribution in [0.15, 0.2) is 79.1 Å². The molecule has 0 bridgehead atoms. The lowest BCUT2D eigenvalue weighted by Gasteiger charge is -2.10. The summed E-state index contributed by atoms with van der Waals surface area (Å²) >= 11 is 0. The van der Waals surface area contributed by atoms with E-state index in [0.717, 1.165) is 27.8 Å². The molecule has 1 amide bonds. The molecule has 0 aliphatic carbocycles. The zero-order valence-electron chi connectivity index (χ0n) is 15.6. The highest BCUT2D eigenvalue weighted by atomic mass is 16.5. The van der Waals surface area contributed by atoms with E-state index in [9.17, 15) is 4.79 Å². The first-order chi connectivity index (χ1) is 13.7. The molecule has 0 aliphatic rings. The molecule has 140 valence electrons. The van der Waals surface area contributed by atoms with Gasteiger partial charge >= 0.3 is 0 Å². The first-order valence-corrected chi connectivity index (χ1v) is 9.16. The first-order valence-electron chi connectivity index (χ1n) is 9.16. The molecule has 4 rings (SSSR count). The minimum atomic E-state index is -0.116. The number of amides is 1. The molecule has 0 radical (unpaired) electrons. The van der Waals surface area contributed by atoms with E-state index in [1.807, 2.05) is 84.4 Å². The van der Waals surface area contributed by atoms with Crippen molar-refractivity contribution in [2.24, 2.45) is 0 Å². The van der Waals surface area contributed by atoms with Crippen molar-refractivity contribution in [3.63, 3.8) is 0 Å². The van der Waals surface area contributed by atoms with Gasteiger partial charge in [0.15, 0.2) is 0 Å². The summed E-state index contributed by atoms with van der Waals surface area (Å²) in [6, 6.07) is 21.7. The van der Waals surface area contributed by atoms with Gasteiger partial charge in [0.1, 0.15) is 24.7 Å². The Bertz CT molecular complexity index is 1100.